The molecule has 0 bridgehead atoms. The highest BCUT2D eigenvalue weighted by atomic mass is 14.9. The average molecular weight is 308 g/mol. The molecule has 0 saturated heterocycles. The van der Waals surface area contributed by atoms with Gasteiger partial charge in [0.2, 0.25) is 0 Å². The Morgan fingerprint density at radius 2 is 1.91 bits per heavy atom. The molecule has 0 radical (unpaired) electrons. The van der Waals surface area contributed by atoms with Crippen molar-refractivity contribution in [3.63, 3.8) is 0 Å². The number of benzene rings is 1. The van der Waals surface area contributed by atoms with E-state index in [1.165, 1.54) is 67.1 Å². The van der Waals surface area contributed by atoms with Crippen LogP contribution in [-0.4, -0.2) is 11.0 Å². The summed E-state index contributed by atoms with van der Waals surface area (Å²) in [6.07, 6.45) is 11.6. The first-order valence-electron chi connectivity index (χ1n) is 9.52. The maximum atomic E-state index is 5.00. The lowest BCUT2D eigenvalue weighted by atomic mass is 9.89. The highest BCUT2D eigenvalue weighted by Gasteiger charge is 2.20. The van der Waals surface area contributed by atoms with Crippen LogP contribution in [0.2, 0.25) is 0 Å². The van der Waals surface area contributed by atoms with Gasteiger partial charge >= 0.3 is 0 Å². The van der Waals surface area contributed by atoms with Crippen LogP contribution < -0.4 is 5.32 Å². The summed E-state index contributed by atoms with van der Waals surface area (Å²) in [4.78, 5) is 5.00. The molecule has 0 aliphatic heterocycles. The first-order valence-corrected chi connectivity index (χ1v) is 9.52. The van der Waals surface area contributed by atoms with Crippen molar-refractivity contribution in [2.45, 2.75) is 77.3 Å². The largest absolute Gasteiger partial charge is 0.310 e. The molecule has 1 aromatic carbocycles. The van der Waals surface area contributed by atoms with Gasteiger partial charge in [0.25, 0.3) is 0 Å². The van der Waals surface area contributed by atoms with Crippen LogP contribution in [0.1, 0.15) is 67.8 Å². The van der Waals surface area contributed by atoms with Crippen molar-refractivity contribution in [3.8, 4) is 0 Å². The number of rotatable bonds is 4. The Morgan fingerprint density at radius 3 is 2.74 bits per heavy atom. The fraction of sp³-hybridized carbons (Fsp3) is 0.571. The maximum absolute atomic E-state index is 5.00. The zero-order valence-corrected chi connectivity index (χ0v) is 14.3. The van der Waals surface area contributed by atoms with E-state index >= 15 is 0 Å². The maximum Gasteiger partial charge on any atom is 0.0708 e. The predicted molar refractivity (Wildman–Crippen MR) is 96.9 cm³/mol. The van der Waals surface area contributed by atoms with Crippen LogP contribution in [0.4, 0.5) is 0 Å². The smallest absolute Gasteiger partial charge is 0.0708 e. The molecule has 0 atom stereocenters. The molecular weight excluding hydrogens is 280 g/mol. The fourth-order valence-electron chi connectivity index (χ4n) is 4.37. The molecule has 122 valence electrons. The topological polar surface area (TPSA) is 24.9 Å². The third-order valence-corrected chi connectivity index (χ3v) is 5.78. The Labute approximate surface area is 139 Å². The number of hydrogen-bond donors (Lipinski definition) is 1. The van der Waals surface area contributed by atoms with Gasteiger partial charge in [-0.25, -0.2) is 0 Å². The average Bonchev–Trinajstić information content (AvgIpc) is 3.11. The highest BCUT2D eigenvalue weighted by Crippen LogP contribution is 2.30. The van der Waals surface area contributed by atoms with Crippen molar-refractivity contribution in [1.82, 2.24) is 10.3 Å². The molecule has 2 nitrogen and oxygen atoms in total. The summed E-state index contributed by atoms with van der Waals surface area (Å²) in [5, 5.41) is 5.25. The summed E-state index contributed by atoms with van der Waals surface area (Å²) >= 11 is 0. The third-order valence-electron chi connectivity index (χ3n) is 5.78. The first-order chi connectivity index (χ1) is 11.3. The van der Waals surface area contributed by atoms with Crippen LogP contribution in [0.25, 0.3) is 10.9 Å². The van der Waals surface area contributed by atoms with E-state index in [0.29, 0.717) is 0 Å². The second-order valence-corrected chi connectivity index (χ2v) is 7.29. The van der Waals surface area contributed by atoms with Crippen LogP contribution in [0.5, 0.6) is 0 Å². The van der Waals surface area contributed by atoms with Gasteiger partial charge in [0.1, 0.15) is 0 Å². The van der Waals surface area contributed by atoms with Crippen LogP contribution in [-0.2, 0) is 25.8 Å². The monoisotopic (exact) mass is 308 g/mol. The molecule has 0 unspecified atom stereocenters. The van der Waals surface area contributed by atoms with E-state index < -0.39 is 0 Å². The molecule has 2 aliphatic carbocycles. The number of hydrogen-bond acceptors (Lipinski definition) is 2. The molecule has 0 spiro atoms. The number of aromatic nitrogens is 1. The van der Waals surface area contributed by atoms with Crippen molar-refractivity contribution in [3.05, 3.63) is 40.6 Å². The van der Waals surface area contributed by atoms with Crippen LogP contribution in [0.15, 0.2) is 18.2 Å². The lowest BCUT2D eigenvalue weighted by molar-refractivity contribution is 0.521. The van der Waals surface area contributed by atoms with Gasteiger partial charge in [-0.3, -0.25) is 4.98 Å². The van der Waals surface area contributed by atoms with Crippen LogP contribution in [0.3, 0.4) is 0 Å². The van der Waals surface area contributed by atoms with Crippen LogP contribution in [0, 0.1) is 0 Å². The Balaban J connectivity index is 1.76. The summed E-state index contributed by atoms with van der Waals surface area (Å²) in [6, 6.07) is 7.61. The van der Waals surface area contributed by atoms with Gasteiger partial charge in [-0.05, 0) is 73.8 Å². The van der Waals surface area contributed by atoms with Gasteiger partial charge < -0.3 is 5.32 Å². The van der Waals surface area contributed by atoms with E-state index in [0.717, 1.165) is 25.4 Å². The minimum atomic E-state index is 0.729. The van der Waals surface area contributed by atoms with Gasteiger partial charge in [0.05, 0.1) is 5.52 Å². The summed E-state index contributed by atoms with van der Waals surface area (Å²) in [5.74, 6) is 0. The highest BCUT2D eigenvalue weighted by molar-refractivity contribution is 5.84. The zero-order valence-electron chi connectivity index (χ0n) is 14.3. The van der Waals surface area contributed by atoms with E-state index in [1.54, 1.807) is 11.1 Å². The summed E-state index contributed by atoms with van der Waals surface area (Å²) in [6.45, 7) is 3.27. The number of pyridine rings is 1. The molecule has 1 heterocycles. The van der Waals surface area contributed by atoms with Crippen molar-refractivity contribution < 1.29 is 0 Å². The Morgan fingerprint density at radius 1 is 1.09 bits per heavy atom. The lowest BCUT2D eigenvalue weighted by Crippen LogP contribution is -2.26. The standard InChI is InChI=1S/C21H28N2/c1-2-15-11-12-21-18(13-15)19(14-22-16-7-3-4-8-16)17-9-5-6-10-20(17)23-21/h11-13,16,22H,2-10,14H2,1H3. The Hall–Kier alpha value is -1.41. The van der Waals surface area contributed by atoms with Crippen LogP contribution >= 0.6 is 0 Å². The summed E-state index contributed by atoms with van der Waals surface area (Å²) < 4.78 is 0. The van der Waals surface area contributed by atoms with Crippen molar-refractivity contribution in [2.75, 3.05) is 0 Å². The molecule has 1 fully saturated rings. The molecule has 1 aromatic heterocycles. The molecule has 2 aliphatic rings. The minimum Gasteiger partial charge on any atom is -0.310 e. The molecule has 1 N–H and O–H groups in total. The number of fused-ring (bicyclic) bond motifs is 2. The third kappa shape index (κ3) is 3.01. The van der Waals surface area contributed by atoms with Gasteiger partial charge in [-0.15, -0.1) is 0 Å². The molecule has 0 amide bonds. The normalized spacial score (nSPS) is 18.5. The fourth-order valence-corrected chi connectivity index (χ4v) is 4.37. The molecule has 4 rings (SSSR count). The molecule has 1 saturated carbocycles. The molecule has 2 aromatic rings. The quantitative estimate of drug-likeness (QED) is 0.885. The number of nitrogens with one attached hydrogen (secondary N) is 1. The second kappa shape index (κ2) is 6.60. The summed E-state index contributed by atoms with van der Waals surface area (Å²) in [7, 11) is 0. The number of nitrogens with zero attached hydrogens (tertiary/aromatic N) is 1. The second-order valence-electron chi connectivity index (χ2n) is 7.29. The van der Waals surface area contributed by atoms with Crippen molar-refractivity contribution in [1.29, 1.82) is 0 Å². The molecular formula is C21H28N2. The Kier molecular flexibility index (Phi) is 4.35. The van der Waals surface area contributed by atoms with E-state index in [4.69, 9.17) is 4.98 Å². The van der Waals surface area contributed by atoms with Crippen molar-refractivity contribution in [2.24, 2.45) is 0 Å². The molecule has 2 heteroatoms. The van der Waals surface area contributed by atoms with Gasteiger partial charge in [-0.1, -0.05) is 25.8 Å². The first kappa shape index (κ1) is 15.1. The van der Waals surface area contributed by atoms with Gasteiger partial charge in [-0.2, -0.15) is 0 Å². The summed E-state index contributed by atoms with van der Waals surface area (Å²) in [5.41, 5.74) is 7.11. The Bertz CT molecular complexity index is 699. The van der Waals surface area contributed by atoms with E-state index in [1.807, 2.05) is 0 Å². The SMILES string of the molecule is CCc1ccc2nc3c(c(CNC4CCCC4)c2c1)CCCC3. The van der Waals surface area contributed by atoms with E-state index in [-0.39, 0.29) is 0 Å². The zero-order chi connectivity index (χ0) is 15.6. The predicted octanol–water partition coefficient (Wildman–Crippen LogP) is 4.71. The lowest BCUT2D eigenvalue weighted by Gasteiger charge is -2.22. The number of aryl methyl sites for hydroxylation is 2. The van der Waals surface area contributed by atoms with E-state index in [9.17, 15) is 0 Å². The van der Waals surface area contributed by atoms with Gasteiger partial charge in [0.15, 0.2) is 0 Å². The van der Waals surface area contributed by atoms with E-state index in [2.05, 4.69) is 30.4 Å². The molecule has 23 heavy (non-hydrogen) atoms. The van der Waals surface area contributed by atoms with Gasteiger partial charge in [0, 0.05) is 23.7 Å². The van der Waals surface area contributed by atoms with Crippen molar-refractivity contribution >= 4 is 10.9 Å². The minimum absolute atomic E-state index is 0.729.